The van der Waals surface area contributed by atoms with Gasteiger partial charge in [0.2, 0.25) is 5.91 Å². The summed E-state index contributed by atoms with van der Waals surface area (Å²) in [6.45, 7) is 0.375. The van der Waals surface area contributed by atoms with Crippen molar-refractivity contribution in [2.24, 2.45) is 0 Å². The van der Waals surface area contributed by atoms with Crippen molar-refractivity contribution in [1.29, 1.82) is 0 Å². The summed E-state index contributed by atoms with van der Waals surface area (Å²) >= 11 is 0. The maximum atomic E-state index is 13.3. The highest BCUT2D eigenvalue weighted by Gasteiger charge is 2.32. The van der Waals surface area contributed by atoms with E-state index in [1.807, 2.05) is 0 Å². The van der Waals surface area contributed by atoms with E-state index in [2.05, 4.69) is 10.6 Å². The molecule has 1 aliphatic carbocycles. The van der Waals surface area contributed by atoms with Gasteiger partial charge in [0.25, 0.3) is 0 Å². The number of urea groups is 1. The lowest BCUT2D eigenvalue weighted by molar-refractivity contribution is -0.117. The number of halogens is 1. The fraction of sp³-hybridized carbons (Fsp3) is 0.500. The van der Waals surface area contributed by atoms with Gasteiger partial charge in [-0.3, -0.25) is 4.79 Å². The van der Waals surface area contributed by atoms with E-state index in [0.717, 1.165) is 25.7 Å². The van der Waals surface area contributed by atoms with Gasteiger partial charge in [-0.1, -0.05) is 18.9 Å². The minimum absolute atomic E-state index is 0.100. The number of nitrogens with zero attached hydrogens (tertiary/aromatic N) is 1. The molecule has 0 aromatic heterocycles. The Hall–Kier alpha value is -2.11. The fourth-order valence-electron chi connectivity index (χ4n) is 3.18. The number of amides is 3. The quantitative estimate of drug-likeness (QED) is 0.899. The van der Waals surface area contributed by atoms with Crippen LogP contribution in [0.5, 0.6) is 0 Å². The number of anilines is 1. The van der Waals surface area contributed by atoms with Gasteiger partial charge in [0.05, 0.1) is 6.04 Å². The molecule has 2 fully saturated rings. The number of nitrogens with one attached hydrogen (secondary N) is 2. The van der Waals surface area contributed by atoms with Crippen molar-refractivity contribution >= 4 is 17.6 Å². The van der Waals surface area contributed by atoms with Crippen molar-refractivity contribution in [1.82, 2.24) is 10.6 Å². The molecule has 5 nitrogen and oxygen atoms in total. The van der Waals surface area contributed by atoms with Crippen LogP contribution in [0, 0.1) is 5.82 Å². The van der Waals surface area contributed by atoms with E-state index >= 15 is 0 Å². The van der Waals surface area contributed by atoms with Crippen LogP contribution in [0.2, 0.25) is 0 Å². The van der Waals surface area contributed by atoms with Gasteiger partial charge in [-0.15, -0.1) is 0 Å². The van der Waals surface area contributed by atoms with Crippen LogP contribution in [0.15, 0.2) is 24.3 Å². The highest BCUT2D eigenvalue weighted by atomic mass is 19.1. The second-order valence-corrected chi connectivity index (χ2v) is 5.98. The van der Waals surface area contributed by atoms with Crippen LogP contribution in [0.25, 0.3) is 0 Å². The van der Waals surface area contributed by atoms with Crippen LogP contribution in [-0.2, 0) is 4.79 Å². The third-order valence-electron chi connectivity index (χ3n) is 4.27. The van der Waals surface area contributed by atoms with Crippen molar-refractivity contribution in [2.45, 2.75) is 44.2 Å². The summed E-state index contributed by atoms with van der Waals surface area (Å²) in [5.74, 6) is -0.475. The van der Waals surface area contributed by atoms with Gasteiger partial charge >= 0.3 is 6.03 Å². The summed E-state index contributed by atoms with van der Waals surface area (Å²) < 4.78 is 13.3. The van der Waals surface area contributed by atoms with Gasteiger partial charge in [0.15, 0.2) is 0 Å². The van der Waals surface area contributed by atoms with Crippen LogP contribution >= 0.6 is 0 Å². The Morgan fingerprint density at radius 1 is 1.18 bits per heavy atom. The standard InChI is InChI=1S/C16H20FN3O2/c17-11-4-3-7-14(8-11)20-10-13(9-15(20)21)19-16(22)18-12-5-1-2-6-12/h3-4,7-8,12-13H,1-2,5-6,9-10H2,(H2,18,19,22)/t13-/m0/s1. The molecular formula is C16H20FN3O2. The van der Waals surface area contributed by atoms with Crippen LogP contribution in [0.4, 0.5) is 14.9 Å². The smallest absolute Gasteiger partial charge is 0.315 e. The summed E-state index contributed by atoms with van der Waals surface area (Å²) in [5.41, 5.74) is 0.533. The zero-order chi connectivity index (χ0) is 15.5. The summed E-state index contributed by atoms with van der Waals surface area (Å²) in [7, 11) is 0. The molecule has 3 amide bonds. The van der Waals surface area contributed by atoms with E-state index in [1.54, 1.807) is 12.1 Å². The number of rotatable bonds is 3. The highest BCUT2D eigenvalue weighted by molar-refractivity contribution is 5.96. The van der Waals surface area contributed by atoms with Crippen molar-refractivity contribution in [3.63, 3.8) is 0 Å². The molecule has 1 saturated heterocycles. The van der Waals surface area contributed by atoms with E-state index in [9.17, 15) is 14.0 Å². The second kappa shape index (κ2) is 6.34. The third kappa shape index (κ3) is 3.37. The predicted molar refractivity (Wildman–Crippen MR) is 81.1 cm³/mol. The Balaban J connectivity index is 1.56. The lowest BCUT2D eigenvalue weighted by atomic mass is 10.2. The second-order valence-electron chi connectivity index (χ2n) is 5.98. The lowest BCUT2D eigenvalue weighted by Crippen LogP contribution is -2.46. The van der Waals surface area contributed by atoms with Gasteiger partial charge in [-0.05, 0) is 31.0 Å². The van der Waals surface area contributed by atoms with Crippen molar-refractivity contribution in [2.75, 3.05) is 11.4 Å². The van der Waals surface area contributed by atoms with Crippen molar-refractivity contribution in [3.05, 3.63) is 30.1 Å². The van der Waals surface area contributed by atoms with Crippen LogP contribution in [0.1, 0.15) is 32.1 Å². The maximum absolute atomic E-state index is 13.3. The van der Waals surface area contributed by atoms with Crippen molar-refractivity contribution < 1.29 is 14.0 Å². The summed E-state index contributed by atoms with van der Waals surface area (Å²) in [6, 6.07) is 5.74. The average molecular weight is 305 g/mol. The molecule has 22 heavy (non-hydrogen) atoms. The van der Waals surface area contributed by atoms with Crippen LogP contribution < -0.4 is 15.5 Å². The van der Waals surface area contributed by atoms with Gasteiger partial charge < -0.3 is 15.5 Å². The molecule has 1 heterocycles. The topological polar surface area (TPSA) is 61.4 Å². The zero-order valence-electron chi connectivity index (χ0n) is 12.3. The Labute approximate surface area is 128 Å². The molecule has 0 radical (unpaired) electrons. The molecule has 0 spiro atoms. The SMILES string of the molecule is O=C(NC1CCCC1)N[C@H]1CC(=O)N(c2cccc(F)c2)C1. The van der Waals surface area contributed by atoms with E-state index in [0.29, 0.717) is 12.2 Å². The molecule has 3 rings (SSSR count). The monoisotopic (exact) mass is 305 g/mol. The molecule has 1 saturated carbocycles. The molecule has 0 unspecified atom stereocenters. The number of carbonyl (C=O) groups is 2. The molecule has 1 aromatic carbocycles. The summed E-state index contributed by atoms with van der Waals surface area (Å²) in [4.78, 5) is 25.5. The molecule has 2 aliphatic rings. The third-order valence-corrected chi connectivity index (χ3v) is 4.27. The van der Waals surface area contributed by atoms with Gasteiger partial charge in [0, 0.05) is 24.7 Å². The molecule has 2 N–H and O–H groups in total. The zero-order valence-corrected chi connectivity index (χ0v) is 12.3. The van der Waals surface area contributed by atoms with E-state index in [4.69, 9.17) is 0 Å². The summed E-state index contributed by atoms with van der Waals surface area (Å²) in [6.07, 6.45) is 4.59. The Bertz CT molecular complexity index is 572. The first-order chi connectivity index (χ1) is 10.6. The molecule has 6 heteroatoms. The van der Waals surface area contributed by atoms with E-state index in [-0.39, 0.29) is 36.3 Å². The average Bonchev–Trinajstić information content (AvgIpc) is 3.08. The molecule has 0 bridgehead atoms. The van der Waals surface area contributed by atoms with E-state index in [1.165, 1.54) is 17.0 Å². The van der Waals surface area contributed by atoms with Crippen LogP contribution in [-0.4, -0.2) is 30.6 Å². The van der Waals surface area contributed by atoms with Gasteiger partial charge in [-0.2, -0.15) is 0 Å². The normalized spacial score (nSPS) is 22.1. The number of benzene rings is 1. The maximum Gasteiger partial charge on any atom is 0.315 e. The first-order valence-electron chi connectivity index (χ1n) is 7.75. The van der Waals surface area contributed by atoms with E-state index < -0.39 is 0 Å². The molecule has 1 atom stereocenters. The number of carbonyl (C=O) groups excluding carboxylic acids is 2. The fourth-order valence-corrected chi connectivity index (χ4v) is 3.18. The lowest BCUT2D eigenvalue weighted by Gasteiger charge is -2.18. The molecular weight excluding hydrogens is 285 g/mol. The van der Waals surface area contributed by atoms with Gasteiger partial charge in [-0.25, -0.2) is 9.18 Å². The number of hydrogen-bond acceptors (Lipinski definition) is 2. The largest absolute Gasteiger partial charge is 0.335 e. The molecule has 1 aliphatic heterocycles. The Morgan fingerprint density at radius 2 is 1.91 bits per heavy atom. The highest BCUT2D eigenvalue weighted by Crippen LogP contribution is 2.22. The first kappa shape index (κ1) is 14.8. The Kier molecular flexibility index (Phi) is 4.27. The molecule has 1 aromatic rings. The molecule has 118 valence electrons. The Morgan fingerprint density at radius 3 is 2.64 bits per heavy atom. The summed E-state index contributed by atoms with van der Waals surface area (Å²) in [5, 5.41) is 5.79. The predicted octanol–water partition coefficient (Wildman–Crippen LogP) is 2.17. The minimum atomic E-state index is -0.374. The van der Waals surface area contributed by atoms with Crippen LogP contribution in [0.3, 0.4) is 0 Å². The van der Waals surface area contributed by atoms with Gasteiger partial charge in [0.1, 0.15) is 5.82 Å². The minimum Gasteiger partial charge on any atom is -0.335 e. The number of hydrogen-bond donors (Lipinski definition) is 2. The first-order valence-corrected chi connectivity index (χ1v) is 7.75. The van der Waals surface area contributed by atoms with Crippen molar-refractivity contribution in [3.8, 4) is 0 Å².